The van der Waals surface area contributed by atoms with Gasteiger partial charge in [0.25, 0.3) is 0 Å². The molecule has 0 aliphatic carbocycles. The molecule has 0 atom stereocenters. The van der Waals surface area contributed by atoms with Crippen LogP contribution in [0.5, 0.6) is 0 Å². The van der Waals surface area contributed by atoms with Crippen LogP contribution < -0.4 is 11.1 Å². The number of amidine groups is 1. The van der Waals surface area contributed by atoms with Crippen LogP contribution in [0.4, 0.5) is 0 Å². The van der Waals surface area contributed by atoms with Crippen LogP contribution in [0.3, 0.4) is 0 Å². The lowest BCUT2D eigenvalue weighted by molar-refractivity contribution is -0.131. The topological polar surface area (TPSA) is 96.9 Å². The molecule has 1 fully saturated rings. The highest BCUT2D eigenvalue weighted by Gasteiger charge is 2.44. The van der Waals surface area contributed by atoms with Gasteiger partial charge in [0.15, 0.2) is 5.84 Å². The predicted octanol–water partition coefficient (Wildman–Crippen LogP) is 1.15. The van der Waals surface area contributed by atoms with Gasteiger partial charge >= 0.3 is 0 Å². The summed E-state index contributed by atoms with van der Waals surface area (Å²) in [5, 5.41) is 14.9. The lowest BCUT2D eigenvalue weighted by Crippen LogP contribution is -2.52. The second kappa shape index (κ2) is 6.58. The normalized spacial score (nSPS) is 18.2. The van der Waals surface area contributed by atoms with E-state index in [0.717, 1.165) is 5.56 Å². The first-order valence-electron chi connectivity index (χ1n) is 6.98. The molecule has 1 aromatic rings. The Hall–Kier alpha value is -2.08. The number of nitrogens with one attached hydrogen (secondary N) is 1. The van der Waals surface area contributed by atoms with Gasteiger partial charge in [0.2, 0.25) is 5.91 Å². The number of nitrogens with two attached hydrogens (primary N) is 1. The number of amides is 1. The molecule has 6 nitrogen and oxygen atoms in total. The van der Waals surface area contributed by atoms with Crippen LogP contribution in [-0.4, -0.2) is 30.2 Å². The Balaban J connectivity index is 2.07. The number of oxime groups is 1. The van der Waals surface area contributed by atoms with Crippen molar-refractivity contribution < 1.29 is 14.7 Å². The van der Waals surface area contributed by atoms with E-state index in [2.05, 4.69) is 10.5 Å². The van der Waals surface area contributed by atoms with Crippen molar-refractivity contribution in [2.75, 3.05) is 13.2 Å². The molecule has 1 amide bonds. The molecule has 4 N–H and O–H groups in total. The summed E-state index contributed by atoms with van der Waals surface area (Å²) in [6, 6.07) is 7.93. The van der Waals surface area contributed by atoms with Gasteiger partial charge in [-0.05, 0) is 25.3 Å². The average Bonchev–Trinajstić information content (AvgIpc) is 2.53. The van der Waals surface area contributed by atoms with Crippen LogP contribution in [0.2, 0.25) is 0 Å². The number of carbonyl (C=O) groups excluding carboxylic acids is 1. The highest BCUT2D eigenvalue weighted by molar-refractivity contribution is 6.06. The Labute approximate surface area is 124 Å². The molecule has 6 heteroatoms. The van der Waals surface area contributed by atoms with Crippen molar-refractivity contribution in [2.24, 2.45) is 16.3 Å². The summed E-state index contributed by atoms with van der Waals surface area (Å²) in [6.45, 7) is 3.28. The quantitative estimate of drug-likeness (QED) is 0.335. The highest BCUT2D eigenvalue weighted by Crippen LogP contribution is 2.31. The van der Waals surface area contributed by atoms with Gasteiger partial charge in [-0.2, -0.15) is 0 Å². The fourth-order valence-electron chi connectivity index (χ4n) is 2.47. The second-order valence-corrected chi connectivity index (χ2v) is 5.35. The van der Waals surface area contributed by atoms with E-state index in [9.17, 15) is 4.79 Å². The number of benzene rings is 1. The molecule has 0 aromatic heterocycles. The number of ether oxygens (including phenoxy) is 1. The van der Waals surface area contributed by atoms with E-state index in [4.69, 9.17) is 15.7 Å². The number of aryl methyl sites for hydroxylation is 1. The Kier molecular flexibility index (Phi) is 4.80. The molecule has 1 aliphatic heterocycles. The fraction of sp³-hybridized carbons (Fsp3) is 0.467. The zero-order valence-electron chi connectivity index (χ0n) is 12.1. The molecule has 0 bridgehead atoms. The summed E-state index contributed by atoms with van der Waals surface area (Å²) >= 11 is 0. The van der Waals surface area contributed by atoms with E-state index in [0.29, 0.717) is 32.6 Å². The van der Waals surface area contributed by atoms with E-state index < -0.39 is 5.41 Å². The lowest BCUT2D eigenvalue weighted by Gasteiger charge is -2.34. The smallest absolute Gasteiger partial charge is 0.234 e. The minimum Gasteiger partial charge on any atom is -0.409 e. The van der Waals surface area contributed by atoms with Gasteiger partial charge < -0.3 is 21.0 Å². The molecule has 0 unspecified atom stereocenters. The maximum Gasteiger partial charge on any atom is 0.234 e. The van der Waals surface area contributed by atoms with Gasteiger partial charge in [-0.15, -0.1) is 0 Å². The molecule has 1 heterocycles. The van der Waals surface area contributed by atoms with Crippen LogP contribution in [0, 0.1) is 12.3 Å². The maximum absolute atomic E-state index is 12.5. The van der Waals surface area contributed by atoms with Crippen molar-refractivity contribution in [1.82, 2.24) is 5.32 Å². The van der Waals surface area contributed by atoms with E-state index in [1.807, 2.05) is 31.2 Å². The zero-order valence-corrected chi connectivity index (χ0v) is 12.1. The Morgan fingerprint density at radius 3 is 2.57 bits per heavy atom. The van der Waals surface area contributed by atoms with Crippen LogP contribution in [0.1, 0.15) is 24.0 Å². The van der Waals surface area contributed by atoms with Gasteiger partial charge in [0, 0.05) is 19.8 Å². The Bertz CT molecular complexity index is 519. The first kappa shape index (κ1) is 15.3. The Morgan fingerprint density at radius 2 is 2.00 bits per heavy atom. The molecule has 1 aromatic carbocycles. The van der Waals surface area contributed by atoms with Gasteiger partial charge in [0.1, 0.15) is 5.41 Å². The first-order chi connectivity index (χ1) is 10.1. The first-order valence-corrected chi connectivity index (χ1v) is 6.98. The van der Waals surface area contributed by atoms with E-state index >= 15 is 0 Å². The summed E-state index contributed by atoms with van der Waals surface area (Å²) < 4.78 is 5.27. The van der Waals surface area contributed by atoms with Crippen LogP contribution in [0.25, 0.3) is 0 Å². The van der Waals surface area contributed by atoms with Crippen molar-refractivity contribution in [2.45, 2.75) is 26.3 Å². The summed E-state index contributed by atoms with van der Waals surface area (Å²) in [5.41, 5.74) is 6.96. The van der Waals surface area contributed by atoms with Gasteiger partial charge in [-0.3, -0.25) is 4.79 Å². The predicted molar refractivity (Wildman–Crippen MR) is 78.9 cm³/mol. The third-order valence-electron chi connectivity index (χ3n) is 3.95. The van der Waals surface area contributed by atoms with E-state index in [1.54, 1.807) is 0 Å². The molecule has 0 radical (unpaired) electrons. The highest BCUT2D eigenvalue weighted by atomic mass is 16.5. The molecular weight excluding hydrogens is 270 g/mol. The van der Waals surface area contributed by atoms with Crippen molar-refractivity contribution in [3.63, 3.8) is 0 Å². The average molecular weight is 291 g/mol. The number of carbonyl (C=O) groups is 1. The SMILES string of the molecule is Cc1ccc(CNC(=O)C2(C(N)=NO)CCOCC2)cc1. The third-order valence-corrected chi connectivity index (χ3v) is 3.95. The fourth-order valence-corrected chi connectivity index (χ4v) is 2.47. The third kappa shape index (κ3) is 3.33. The molecule has 0 saturated carbocycles. The monoisotopic (exact) mass is 291 g/mol. The van der Waals surface area contributed by atoms with Crippen LogP contribution in [0.15, 0.2) is 29.4 Å². The van der Waals surface area contributed by atoms with Crippen molar-refractivity contribution in [3.05, 3.63) is 35.4 Å². The Morgan fingerprint density at radius 1 is 1.38 bits per heavy atom. The zero-order chi connectivity index (χ0) is 15.3. The van der Waals surface area contributed by atoms with Crippen molar-refractivity contribution in [1.29, 1.82) is 0 Å². The maximum atomic E-state index is 12.5. The lowest BCUT2D eigenvalue weighted by atomic mass is 9.78. The molecule has 2 rings (SSSR count). The standard InChI is InChI=1S/C15H21N3O3/c1-11-2-4-12(5-3-11)10-17-14(19)15(13(16)18-20)6-8-21-9-7-15/h2-5,20H,6-10H2,1H3,(H2,16,18)(H,17,19). The minimum atomic E-state index is -0.975. The summed E-state index contributed by atoms with van der Waals surface area (Å²) in [4.78, 5) is 12.5. The van der Waals surface area contributed by atoms with E-state index in [1.165, 1.54) is 5.56 Å². The van der Waals surface area contributed by atoms with Gasteiger partial charge in [-0.25, -0.2) is 0 Å². The van der Waals surface area contributed by atoms with Gasteiger partial charge in [0.05, 0.1) is 0 Å². The van der Waals surface area contributed by atoms with E-state index in [-0.39, 0.29) is 11.7 Å². The number of rotatable bonds is 4. The minimum absolute atomic E-state index is 0.0489. The second-order valence-electron chi connectivity index (χ2n) is 5.35. The van der Waals surface area contributed by atoms with Crippen LogP contribution in [-0.2, 0) is 16.1 Å². The largest absolute Gasteiger partial charge is 0.409 e. The summed E-state index contributed by atoms with van der Waals surface area (Å²) in [5.74, 6) is -0.270. The van der Waals surface area contributed by atoms with Crippen molar-refractivity contribution >= 4 is 11.7 Å². The molecule has 1 saturated heterocycles. The molecule has 114 valence electrons. The van der Waals surface area contributed by atoms with Crippen LogP contribution >= 0.6 is 0 Å². The van der Waals surface area contributed by atoms with Crippen molar-refractivity contribution in [3.8, 4) is 0 Å². The number of hydrogen-bond donors (Lipinski definition) is 3. The molecule has 21 heavy (non-hydrogen) atoms. The number of nitrogens with zero attached hydrogens (tertiary/aromatic N) is 1. The molecular formula is C15H21N3O3. The molecule has 0 spiro atoms. The van der Waals surface area contributed by atoms with Gasteiger partial charge in [-0.1, -0.05) is 35.0 Å². The number of hydrogen-bond acceptors (Lipinski definition) is 4. The molecule has 1 aliphatic rings. The summed E-state index contributed by atoms with van der Waals surface area (Å²) in [7, 11) is 0. The summed E-state index contributed by atoms with van der Waals surface area (Å²) in [6.07, 6.45) is 0.839.